The van der Waals surface area contributed by atoms with Crippen LogP contribution in [0.2, 0.25) is 0 Å². The van der Waals surface area contributed by atoms with Crippen LogP contribution < -0.4 is 0 Å². The Morgan fingerprint density at radius 2 is 1.88 bits per heavy atom. The molecule has 17 heavy (non-hydrogen) atoms. The van der Waals surface area contributed by atoms with Crippen LogP contribution in [0, 0.1) is 6.92 Å². The predicted octanol–water partition coefficient (Wildman–Crippen LogP) is 2.69. The predicted molar refractivity (Wildman–Crippen MR) is 66.1 cm³/mol. The minimum atomic E-state index is -0.256. The van der Waals surface area contributed by atoms with Gasteiger partial charge < -0.3 is 4.74 Å². The number of ether oxygens (including phenoxy) is 1. The van der Waals surface area contributed by atoms with Gasteiger partial charge in [-0.05, 0) is 31.5 Å². The average Bonchev–Trinajstić information content (AvgIpc) is 2.27. The standard InChI is InChI=1S/C14H18O3/c1-4-13(15)12-7-10(3)6-11(8-12)9-14(16)17-5-2/h6-8H,4-5,9H2,1-3H3. The summed E-state index contributed by atoms with van der Waals surface area (Å²) in [6.07, 6.45) is 0.696. The second kappa shape index (κ2) is 6.18. The average molecular weight is 234 g/mol. The van der Waals surface area contributed by atoms with E-state index in [0.29, 0.717) is 18.6 Å². The van der Waals surface area contributed by atoms with Gasteiger partial charge in [0.2, 0.25) is 0 Å². The number of rotatable bonds is 5. The summed E-state index contributed by atoms with van der Waals surface area (Å²) in [5.41, 5.74) is 2.50. The SMILES string of the molecule is CCOC(=O)Cc1cc(C)cc(C(=O)CC)c1. The number of hydrogen-bond acceptors (Lipinski definition) is 3. The molecule has 0 unspecified atom stereocenters. The zero-order valence-electron chi connectivity index (χ0n) is 10.6. The summed E-state index contributed by atoms with van der Waals surface area (Å²) in [6, 6.07) is 5.53. The van der Waals surface area contributed by atoms with E-state index < -0.39 is 0 Å². The van der Waals surface area contributed by atoms with E-state index in [2.05, 4.69) is 0 Å². The quantitative estimate of drug-likeness (QED) is 0.581. The molecule has 0 aliphatic rings. The number of benzene rings is 1. The van der Waals surface area contributed by atoms with E-state index in [1.165, 1.54) is 0 Å². The van der Waals surface area contributed by atoms with Gasteiger partial charge in [-0.15, -0.1) is 0 Å². The number of hydrogen-bond donors (Lipinski definition) is 0. The van der Waals surface area contributed by atoms with Gasteiger partial charge in [-0.2, -0.15) is 0 Å². The Hall–Kier alpha value is -1.64. The first kappa shape index (κ1) is 13.4. The van der Waals surface area contributed by atoms with E-state index in [-0.39, 0.29) is 18.2 Å². The third-order valence-corrected chi connectivity index (χ3v) is 2.43. The molecule has 0 radical (unpaired) electrons. The van der Waals surface area contributed by atoms with Gasteiger partial charge >= 0.3 is 5.97 Å². The Balaban J connectivity index is 2.89. The van der Waals surface area contributed by atoms with Crippen LogP contribution in [-0.4, -0.2) is 18.4 Å². The Morgan fingerprint density at radius 1 is 1.18 bits per heavy atom. The summed E-state index contributed by atoms with van der Waals surface area (Å²) >= 11 is 0. The van der Waals surface area contributed by atoms with Gasteiger partial charge in [-0.3, -0.25) is 9.59 Å². The molecular formula is C14H18O3. The maximum atomic E-state index is 11.6. The Kier molecular flexibility index (Phi) is 4.88. The molecule has 1 rings (SSSR count). The number of aryl methyl sites for hydroxylation is 1. The van der Waals surface area contributed by atoms with Crippen LogP contribution in [0.15, 0.2) is 18.2 Å². The highest BCUT2D eigenvalue weighted by molar-refractivity contribution is 5.96. The molecule has 3 nitrogen and oxygen atoms in total. The fourth-order valence-corrected chi connectivity index (χ4v) is 1.71. The molecular weight excluding hydrogens is 216 g/mol. The maximum absolute atomic E-state index is 11.6. The lowest BCUT2D eigenvalue weighted by Crippen LogP contribution is -2.08. The lowest BCUT2D eigenvalue weighted by Gasteiger charge is -2.06. The second-order valence-electron chi connectivity index (χ2n) is 3.97. The molecule has 0 amide bonds. The third-order valence-electron chi connectivity index (χ3n) is 2.43. The molecule has 1 aromatic rings. The van der Waals surface area contributed by atoms with E-state index in [1.807, 2.05) is 26.0 Å². The van der Waals surface area contributed by atoms with Crippen molar-refractivity contribution in [2.24, 2.45) is 0 Å². The first-order valence-electron chi connectivity index (χ1n) is 5.86. The zero-order chi connectivity index (χ0) is 12.8. The molecule has 0 bridgehead atoms. The van der Waals surface area contributed by atoms with Crippen LogP contribution in [0.3, 0.4) is 0 Å². The second-order valence-corrected chi connectivity index (χ2v) is 3.97. The van der Waals surface area contributed by atoms with Crippen LogP contribution in [0.5, 0.6) is 0 Å². The third kappa shape index (κ3) is 4.02. The van der Waals surface area contributed by atoms with Gasteiger partial charge in [0.1, 0.15) is 0 Å². The van der Waals surface area contributed by atoms with Gasteiger partial charge in [-0.25, -0.2) is 0 Å². The molecule has 0 saturated carbocycles. The number of esters is 1. The molecule has 3 heteroatoms. The number of ketones is 1. The summed E-state index contributed by atoms with van der Waals surface area (Å²) in [5, 5.41) is 0. The molecule has 92 valence electrons. The van der Waals surface area contributed by atoms with Crippen molar-refractivity contribution in [2.45, 2.75) is 33.6 Å². The highest BCUT2D eigenvalue weighted by Gasteiger charge is 2.09. The van der Waals surface area contributed by atoms with E-state index in [1.54, 1.807) is 13.0 Å². The molecule has 1 aromatic carbocycles. The minimum Gasteiger partial charge on any atom is -0.466 e. The first-order chi connectivity index (χ1) is 8.06. The van der Waals surface area contributed by atoms with Crippen LogP contribution in [0.1, 0.15) is 41.8 Å². The van der Waals surface area contributed by atoms with Gasteiger partial charge in [-0.1, -0.05) is 18.6 Å². The van der Waals surface area contributed by atoms with Crippen LogP contribution >= 0.6 is 0 Å². The largest absolute Gasteiger partial charge is 0.466 e. The summed E-state index contributed by atoms with van der Waals surface area (Å²) < 4.78 is 4.89. The van der Waals surface area contributed by atoms with Crippen LogP contribution in [0.4, 0.5) is 0 Å². The Bertz CT molecular complexity index is 421. The molecule has 0 atom stereocenters. The smallest absolute Gasteiger partial charge is 0.310 e. The van der Waals surface area contributed by atoms with Crippen molar-refractivity contribution in [1.29, 1.82) is 0 Å². The van der Waals surface area contributed by atoms with Crippen molar-refractivity contribution in [3.05, 3.63) is 34.9 Å². The van der Waals surface area contributed by atoms with Crippen molar-refractivity contribution in [1.82, 2.24) is 0 Å². The van der Waals surface area contributed by atoms with E-state index in [9.17, 15) is 9.59 Å². The normalized spacial score (nSPS) is 10.1. The van der Waals surface area contributed by atoms with E-state index >= 15 is 0 Å². The molecule has 0 fully saturated rings. The van der Waals surface area contributed by atoms with Crippen molar-refractivity contribution in [3.63, 3.8) is 0 Å². The number of Topliss-reactive ketones (excluding diaryl/α,β-unsaturated/α-hetero) is 1. The molecule has 0 aromatic heterocycles. The van der Waals surface area contributed by atoms with Gasteiger partial charge in [0.25, 0.3) is 0 Å². The fraction of sp³-hybridized carbons (Fsp3) is 0.429. The van der Waals surface area contributed by atoms with Gasteiger partial charge in [0.15, 0.2) is 5.78 Å². The number of carbonyl (C=O) groups is 2. The fourth-order valence-electron chi connectivity index (χ4n) is 1.71. The minimum absolute atomic E-state index is 0.0961. The molecule has 0 heterocycles. The zero-order valence-corrected chi connectivity index (χ0v) is 10.6. The first-order valence-corrected chi connectivity index (χ1v) is 5.86. The lowest BCUT2D eigenvalue weighted by atomic mass is 10.0. The summed E-state index contributed by atoms with van der Waals surface area (Å²) in [6.45, 7) is 5.91. The summed E-state index contributed by atoms with van der Waals surface area (Å²) in [7, 11) is 0. The molecule has 0 aliphatic carbocycles. The van der Waals surface area contributed by atoms with E-state index in [4.69, 9.17) is 4.74 Å². The maximum Gasteiger partial charge on any atom is 0.310 e. The lowest BCUT2D eigenvalue weighted by molar-refractivity contribution is -0.142. The van der Waals surface area contributed by atoms with Crippen molar-refractivity contribution in [2.75, 3.05) is 6.61 Å². The van der Waals surface area contributed by atoms with Gasteiger partial charge in [0.05, 0.1) is 13.0 Å². The highest BCUT2D eigenvalue weighted by atomic mass is 16.5. The highest BCUT2D eigenvalue weighted by Crippen LogP contribution is 2.13. The van der Waals surface area contributed by atoms with Crippen molar-refractivity contribution >= 4 is 11.8 Å². The molecule has 0 spiro atoms. The van der Waals surface area contributed by atoms with Crippen LogP contribution in [-0.2, 0) is 16.0 Å². The summed E-state index contributed by atoms with van der Waals surface area (Å²) in [5.74, 6) is -0.160. The molecule has 0 aliphatic heterocycles. The number of carbonyl (C=O) groups excluding carboxylic acids is 2. The molecule has 0 N–H and O–H groups in total. The van der Waals surface area contributed by atoms with Gasteiger partial charge in [0, 0.05) is 12.0 Å². The summed E-state index contributed by atoms with van der Waals surface area (Å²) in [4.78, 5) is 23.0. The topological polar surface area (TPSA) is 43.4 Å². The van der Waals surface area contributed by atoms with E-state index in [0.717, 1.165) is 11.1 Å². The molecule has 0 saturated heterocycles. The van der Waals surface area contributed by atoms with Crippen LogP contribution in [0.25, 0.3) is 0 Å². The monoisotopic (exact) mass is 234 g/mol. The Labute approximate surface area is 102 Å². The Morgan fingerprint density at radius 3 is 2.47 bits per heavy atom. The van der Waals surface area contributed by atoms with Crippen molar-refractivity contribution < 1.29 is 14.3 Å². The van der Waals surface area contributed by atoms with Crippen molar-refractivity contribution in [3.8, 4) is 0 Å².